The van der Waals surface area contributed by atoms with E-state index in [1.165, 1.54) is 6.33 Å². The number of rotatable bonds is 5. The number of hydrogen-bond donors (Lipinski definition) is 3. The third-order valence-corrected chi connectivity index (χ3v) is 2.96. The van der Waals surface area contributed by atoms with Crippen LogP contribution >= 0.6 is 0 Å². The van der Waals surface area contributed by atoms with E-state index >= 15 is 0 Å². The van der Waals surface area contributed by atoms with E-state index in [1.807, 2.05) is 0 Å². The smallest absolute Gasteiger partial charge is 0.148 e. The molecular weight excluding hydrogens is 214 g/mol. The minimum atomic E-state index is 0.309. The van der Waals surface area contributed by atoms with Gasteiger partial charge in [0.15, 0.2) is 0 Å². The van der Waals surface area contributed by atoms with E-state index in [-0.39, 0.29) is 0 Å². The molecule has 0 saturated carbocycles. The Morgan fingerprint density at radius 2 is 1.65 bits per heavy atom. The van der Waals surface area contributed by atoms with E-state index in [0.29, 0.717) is 23.7 Å². The Bertz CT molecular complexity index is 362. The maximum Gasteiger partial charge on any atom is 0.148 e. The predicted octanol–water partition coefficient (Wildman–Crippen LogP) is 2.34. The average Bonchev–Trinajstić information content (AvgIpc) is 2.27. The van der Waals surface area contributed by atoms with E-state index in [9.17, 15) is 0 Å². The second kappa shape index (κ2) is 5.82. The number of nitrogens with one attached hydrogen (secondary N) is 2. The summed E-state index contributed by atoms with van der Waals surface area (Å²) in [4.78, 5) is 8.46. The number of hydrogen-bond acceptors (Lipinski definition) is 5. The first-order chi connectivity index (χ1) is 7.97. The Morgan fingerprint density at radius 1 is 1.06 bits per heavy atom. The van der Waals surface area contributed by atoms with Crippen LogP contribution in [0, 0.1) is 5.92 Å². The highest BCUT2D eigenvalue weighted by atomic mass is 15.3. The van der Waals surface area contributed by atoms with Gasteiger partial charge in [-0.15, -0.1) is 0 Å². The Balaban J connectivity index is 3.06. The minimum absolute atomic E-state index is 0.309. The van der Waals surface area contributed by atoms with Gasteiger partial charge in [-0.25, -0.2) is 15.8 Å². The first kappa shape index (κ1) is 13.7. The van der Waals surface area contributed by atoms with Gasteiger partial charge in [-0.2, -0.15) is 0 Å². The molecule has 4 N–H and O–H groups in total. The topological polar surface area (TPSA) is 75.9 Å². The molecule has 1 unspecified atom stereocenters. The van der Waals surface area contributed by atoms with Crippen molar-refractivity contribution in [1.82, 2.24) is 9.97 Å². The molecule has 1 rings (SSSR count). The van der Waals surface area contributed by atoms with Crippen LogP contribution in [0.4, 0.5) is 11.6 Å². The Hall–Kier alpha value is -1.36. The lowest BCUT2D eigenvalue weighted by molar-refractivity contribution is 0.557. The number of hydrazine groups is 1. The predicted molar refractivity (Wildman–Crippen MR) is 71.9 cm³/mol. The summed E-state index contributed by atoms with van der Waals surface area (Å²) in [6, 6.07) is 0.355. The summed E-state index contributed by atoms with van der Waals surface area (Å²) in [7, 11) is 0. The molecule has 0 saturated heterocycles. The summed E-state index contributed by atoms with van der Waals surface area (Å²) >= 11 is 0. The molecule has 1 atom stereocenters. The molecule has 0 aliphatic carbocycles. The van der Waals surface area contributed by atoms with Gasteiger partial charge in [0.1, 0.15) is 18.0 Å². The normalized spacial score (nSPS) is 12.9. The van der Waals surface area contributed by atoms with Crippen molar-refractivity contribution in [2.45, 2.75) is 46.6 Å². The van der Waals surface area contributed by atoms with Gasteiger partial charge in [-0.3, -0.25) is 0 Å². The maximum atomic E-state index is 5.48. The van der Waals surface area contributed by atoms with Gasteiger partial charge in [0.05, 0.1) is 0 Å². The van der Waals surface area contributed by atoms with E-state index in [4.69, 9.17) is 5.84 Å². The van der Waals surface area contributed by atoms with Crippen molar-refractivity contribution in [1.29, 1.82) is 0 Å². The van der Waals surface area contributed by atoms with Crippen molar-refractivity contribution in [3.05, 3.63) is 11.9 Å². The third kappa shape index (κ3) is 3.30. The number of aromatic nitrogens is 2. The highest BCUT2D eigenvalue weighted by Crippen LogP contribution is 2.28. The highest BCUT2D eigenvalue weighted by Gasteiger charge is 2.16. The van der Waals surface area contributed by atoms with Crippen LogP contribution in [0.2, 0.25) is 0 Å². The van der Waals surface area contributed by atoms with E-state index in [0.717, 1.165) is 11.4 Å². The molecule has 1 aromatic rings. The fourth-order valence-electron chi connectivity index (χ4n) is 1.55. The fourth-order valence-corrected chi connectivity index (χ4v) is 1.55. The molecule has 0 aliphatic heterocycles. The second-order valence-corrected chi connectivity index (χ2v) is 4.96. The van der Waals surface area contributed by atoms with Crippen LogP contribution in [-0.2, 0) is 0 Å². The molecule has 1 heterocycles. The van der Waals surface area contributed by atoms with Gasteiger partial charge in [-0.05, 0) is 18.8 Å². The van der Waals surface area contributed by atoms with Crippen molar-refractivity contribution in [3.63, 3.8) is 0 Å². The van der Waals surface area contributed by atoms with Gasteiger partial charge < -0.3 is 10.7 Å². The number of anilines is 2. The first-order valence-corrected chi connectivity index (χ1v) is 6.05. The minimum Gasteiger partial charge on any atom is -0.367 e. The lowest BCUT2D eigenvalue weighted by atomic mass is 10.0. The highest BCUT2D eigenvalue weighted by molar-refractivity contribution is 5.58. The van der Waals surface area contributed by atoms with Crippen LogP contribution in [0.25, 0.3) is 0 Å². The van der Waals surface area contributed by atoms with Gasteiger partial charge in [0, 0.05) is 11.6 Å². The first-order valence-electron chi connectivity index (χ1n) is 6.05. The number of nitrogen functional groups attached to an aromatic ring is 1. The van der Waals surface area contributed by atoms with Crippen molar-refractivity contribution < 1.29 is 0 Å². The molecule has 96 valence electrons. The lowest BCUT2D eigenvalue weighted by Gasteiger charge is -2.22. The summed E-state index contributed by atoms with van der Waals surface area (Å²) in [6.07, 6.45) is 1.52. The molecule has 0 aromatic carbocycles. The van der Waals surface area contributed by atoms with Gasteiger partial charge in [-0.1, -0.05) is 27.7 Å². The standard InChI is InChI=1S/C12H23N5/c1-7(2)9(5)16-11-10(8(3)4)12(17-13)15-6-14-11/h6-9H,13H2,1-5H3,(H2,14,15,16,17). The Kier molecular flexibility index (Phi) is 4.69. The Morgan fingerprint density at radius 3 is 2.12 bits per heavy atom. The quantitative estimate of drug-likeness (QED) is 0.541. The zero-order chi connectivity index (χ0) is 13.0. The average molecular weight is 237 g/mol. The van der Waals surface area contributed by atoms with Crippen LogP contribution in [0.5, 0.6) is 0 Å². The van der Waals surface area contributed by atoms with Crippen LogP contribution < -0.4 is 16.6 Å². The van der Waals surface area contributed by atoms with Crippen molar-refractivity contribution in [2.75, 3.05) is 10.7 Å². The van der Waals surface area contributed by atoms with Crippen LogP contribution in [0.3, 0.4) is 0 Å². The SMILES string of the molecule is CC(C)c1c(NN)ncnc1NC(C)C(C)C. The zero-order valence-corrected chi connectivity index (χ0v) is 11.3. The largest absolute Gasteiger partial charge is 0.367 e. The summed E-state index contributed by atoms with van der Waals surface area (Å²) in [6.45, 7) is 10.7. The molecule has 0 amide bonds. The molecule has 1 aromatic heterocycles. The number of nitrogens with zero attached hydrogens (tertiary/aromatic N) is 2. The molecule has 17 heavy (non-hydrogen) atoms. The zero-order valence-electron chi connectivity index (χ0n) is 11.3. The fraction of sp³-hybridized carbons (Fsp3) is 0.667. The van der Waals surface area contributed by atoms with Crippen molar-refractivity contribution in [3.8, 4) is 0 Å². The maximum absolute atomic E-state index is 5.48. The van der Waals surface area contributed by atoms with Crippen molar-refractivity contribution in [2.24, 2.45) is 11.8 Å². The third-order valence-electron chi connectivity index (χ3n) is 2.96. The van der Waals surface area contributed by atoms with Gasteiger partial charge >= 0.3 is 0 Å². The van der Waals surface area contributed by atoms with Gasteiger partial charge in [0.25, 0.3) is 0 Å². The summed E-state index contributed by atoms with van der Waals surface area (Å²) < 4.78 is 0. The summed E-state index contributed by atoms with van der Waals surface area (Å²) in [5, 5.41) is 3.42. The molecule has 5 nitrogen and oxygen atoms in total. The molecule has 0 bridgehead atoms. The molecule has 0 spiro atoms. The monoisotopic (exact) mass is 237 g/mol. The Labute approximate surface area is 103 Å². The van der Waals surface area contributed by atoms with Gasteiger partial charge in [0.2, 0.25) is 0 Å². The summed E-state index contributed by atoms with van der Waals surface area (Å²) in [5.41, 5.74) is 3.66. The number of nitrogens with two attached hydrogens (primary N) is 1. The molecular formula is C12H23N5. The van der Waals surface area contributed by atoms with Crippen molar-refractivity contribution >= 4 is 11.6 Å². The van der Waals surface area contributed by atoms with E-state index in [1.54, 1.807) is 0 Å². The van der Waals surface area contributed by atoms with Crippen LogP contribution in [0.1, 0.15) is 46.1 Å². The molecule has 5 heteroatoms. The van der Waals surface area contributed by atoms with E-state index < -0.39 is 0 Å². The molecule has 0 fully saturated rings. The molecule has 0 radical (unpaired) electrons. The summed E-state index contributed by atoms with van der Waals surface area (Å²) in [5.74, 6) is 7.88. The van der Waals surface area contributed by atoms with Crippen LogP contribution in [-0.4, -0.2) is 16.0 Å². The van der Waals surface area contributed by atoms with E-state index in [2.05, 4.69) is 55.3 Å². The van der Waals surface area contributed by atoms with Crippen LogP contribution in [0.15, 0.2) is 6.33 Å². The lowest BCUT2D eigenvalue weighted by Crippen LogP contribution is -2.24. The second-order valence-electron chi connectivity index (χ2n) is 4.96. The molecule has 0 aliphatic rings.